The first-order chi connectivity index (χ1) is 11.9. The third-order valence-electron chi connectivity index (χ3n) is 3.92. The van der Waals surface area contributed by atoms with Crippen molar-refractivity contribution < 1.29 is 19.3 Å². The van der Waals surface area contributed by atoms with E-state index < -0.39 is 28.7 Å². The number of benzene rings is 2. The molecule has 1 heterocycles. The average Bonchev–Trinajstić information content (AvgIpc) is 2.86. The minimum Gasteiger partial charge on any atom is -0.324 e. The van der Waals surface area contributed by atoms with E-state index in [9.17, 15) is 24.5 Å². The van der Waals surface area contributed by atoms with Crippen LogP contribution in [0.25, 0.3) is 0 Å². The van der Waals surface area contributed by atoms with E-state index in [-0.39, 0.29) is 22.5 Å². The number of hydrogen-bond donors (Lipinski definition) is 1. The molecular weight excluding hydrogens is 326 g/mol. The molecule has 0 aliphatic carbocycles. The molecule has 0 fully saturated rings. The highest BCUT2D eigenvalue weighted by Gasteiger charge is 2.40. The van der Waals surface area contributed by atoms with Gasteiger partial charge in [-0.25, -0.2) is 0 Å². The van der Waals surface area contributed by atoms with Crippen LogP contribution in [-0.2, 0) is 4.79 Å². The van der Waals surface area contributed by atoms with Gasteiger partial charge in [-0.15, -0.1) is 0 Å². The molecule has 1 aliphatic rings. The van der Waals surface area contributed by atoms with Gasteiger partial charge in [0.2, 0.25) is 5.91 Å². The van der Waals surface area contributed by atoms with E-state index in [0.717, 1.165) is 4.90 Å². The summed E-state index contributed by atoms with van der Waals surface area (Å²) in [7, 11) is 0. The summed E-state index contributed by atoms with van der Waals surface area (Å²) in [4.78, 5) is 48.3. The Labute approximate surface area is 142 Å². The molecule has 1 N–H and O–H groups in total. The van der Waals surface area contributed by atoms with Crippen molar-refractivity contribution in [2.45, 2.75) is 13.0 Å². The fraction of sp³-hybridized carbons (Fsp3) is 0.118. The Hall–Kier alpha value is -3.55. The van der Waals surface area contributed by atoms with Gasteiger partial charge < -0.3 is 5.32 Å². The predicted molar refractivity (Wildman–Crippen MR) is 88.1 cm³/mol. The molecular formula is C17H13N3O5. The molecule has 8 nitrogen and oxygen atoms in total. The largest absolute Gasteiger partial charge is 0.324 e. The second-order valence-corrected chi connectivity index (χ2v) is 5.50. The lowest BCUT2D eigenvalue weighted by atomic mass is 10.1. The number of nitrogens with one attached hydrogen (secondary N) is 1. The highest BCUT2D eigenvalue weighted by molar-refractivity contribution is 6.23. The van der Waals surface area contributed by atoms with Crippen molar-refractivity contribution in [3.63, 3.8) is 0 Å². The smallest absolute Gasteiger partial charge is 0.271 e. The summed E-state index contributed by atoms with van der Waals surface area (Å²) in [6, 6.07) is 10.7. The standard InChI is InChI=1S/C17H13N3O5/c1-10(15(21)18-11-5-4-6-12(9-11)20(24)25)19-16(22)13-7-2-3-8-14(13)17(19)23/h2-10H,1H3,(H,18,21)/t10-/m0/s1. The van der Waals surface area contributed by atoms with Crippen molar-refractivity contribution >= 4 is 29.1 Å². The van der Waals surface area contributed by atoms with Crippen molar-refractivity contribution in [3.8, 4) is 0 Å². The first-order valence-corrected chi connectivity index (χ1v) is 7.42. The van der Waals surface area contributed by atoms with Crippen LogP contribution in [0.15, 0.2) is 48.5 Å². The van der Waals surface area contributed by atoms with E-state index in [0.29, 0.717) is 0 Å². The number of carbonyl (C=O) groups excluding carboxylic acids is 3. The van der Waals surface area contributed by atoms with Gasteiger partial charge in [0, 0.05) is 17.8 Å². The second-order valence-electron chi connectivity index (χ2n) is 5.50. The molecule has 0 spiro atoms. The van der Waals surface area contributed by atoms with Crippen LogP contribution in [0.1, 0.15) is 27.6 Å². The van der Waals surface area contributed by atoms with Gasteiger partial charge in [0.25, 0.3) is 17.5 Å². The summed E-state index contributed by atoms with van der Waals surface area (Å²) >= 11 is 0. The minimum absolute atomic E-state index is 0.175. The zero-order chi connectivity index (χ0) is 18.1. The Bertz CT molecular complexity index is 874. The fourth-order valence-electron chi connectivity index (χ4n) is 2.62. The molecule has 126 valence electrons. The second kappa shape index (κ2) is 6.16. The predicted octanol–water partition coefficient (Wildman–Crippen LogP) is 2.22. The van der Waals surface area contributed by atoms with E-state index in [1.165, 1.54) is 43.3 Å². The molecule has 2 aromatic carbocycles. The molecule has 3 amide bonds. The molecule has 2 aromatic rings. The topological polar surface area (TPSA) is 110 Å². The van der Waals surface area contributed by atoms with Crippen molar-refractivity contribution in [2.75, 3.05) is 5.32 Å². The summed E-state index contributed by atoms with van der Waals surface area (Å²) in [5.74, 6) is -1.69. The quantitative estimate of drug-likeness (QED) is 0.522. The van der Waals surface area contributed by atoms with E-state index in [4.69, 9.17) is 0 Å². The zero-order valence-electron chi connectivity index (χ0n) is 13.1. The highest BCUT2D eigenvalue weighted by Crippen LogP contribution is 2.25. The van der Waals surface area contributed by atoms with Crippen LogP contribution < -0.4 is 5.32 Å². The van der Waals surface area contributed by atoms with E-state index >= 15 is 0 Å². The number of nitro benzene ring substituents is 1. The van der Waals surface area contributed by atoms with Gasteiger partial charge in [-0.3, -0.25) is 29.4 Å². The van der Waals surface area contributed by atoms with Gasteiger partial charge in [0.15, 0.2) is 0 Å². The lowest BCUT2D eigenvalue weighted by Crippen LogP contribution is -2.45. The maximum absolute atomic E-state index is 12.4. The van der Waals surface area contributed by atoms with Gasteiger partial charge in [-0.1, -0.05) is 18.2 Å². The molecule has 8 heteroatoms. The number of imide groups is 1. The number of nitro groups is 1. The van der Waals surface area contributed by atoms with Gasteiger partial charge in [0.05, 0.1) is 16.1 Å². The van der Waals surface area contributed by atoms with Crippen LogP contribution in [0.4, 0.5) is 11.4 Å². The van der Waals surface area contributed by atoms with Gasteiger partial charge in [-0.2, -0.15) is 0 Å². The Morgan fingerprint density at radius 3 is 2.24 bits per heavy atom. The fourth-order valence-corrected chi connectivity index (χ4v) is 2.62. The van der Waals surface area contributed by atoms with Crippen molar-refractivity contribution in [1.82, 2.24) is 4.90 Å². The molecule has 0 saturated carbocycles. The molecule has 0 aromatic heterocycles. The third-order valence-corrected chi connectivity index (χ3v) is 3.92. The van der Waals surface area contributed by atoms with Gasteiger partial charge >= 0.3 is 0 Å². The Morgan fingerprint density at radius 2 is 1.68 bits per heavy atom. The van der Waals surface area contributed by atoms with Crippen LogP contribution in [0.2, 0.25) is 0 Å². The average molecular weight is 339 g/mol. The van der Waals surface area contributed by atoms with Crippen molar-refractivity contribution in [2.24, 2.45) is 0 Å². The Morgan fingerprint density at radius 1 is 1.08 bits per heavy atom. The number of nitrogens with zero attached hydrogens (tertiary/aromatic N) is 2. The zero-order valence-corrected chi connectivity index (χ0v) is 13.1. The molecule has 0 unspecified atom stereocenters. The Kier molecular flexibility index (Phi) is 4.02. The maximum Gasteiger partial charge on any atom is 0.271 e. The molecule has 1 atom stereocenters. The van der Waals surface area contributed by atoms with Crippen molar-refractivity contribution in [1.29, 1.82) is 0 Å². The number of anilines is 1. The summed E-state index contributed by atoms with van der Waals surface area (Å²) in [5, 5.41) is 13.3. The van der Waals surface area contributed by atoms with Crippen molar-refractivity contribution in [3.05, 3.63) is 69.8 Å². The number of rotatable bonds is 4. The third kappa shape index (κ3) is 2.85. The first kappa shape index (κ1) is 16.3. The highest BCUT2D eigenvalue weighted by atomic mass is 16.6. The van der Waals surface area contributed by atoms with E-state index in [1.807, 2.05) is 0 Å². The van der Waals surface area contributed by atoms with Crippen LogP contribution in [0, 0.1) is 10.1 Å². The first-order valence-electron chi connectivity index (χ1n) is 7.42. The van der Waals surface area contributed by atoms with Crippen LogP contribution >= 0.6 is 0 Å². The summed E-state index contributed by atoms with van der Waals surface area (Å²) in [5.41, 5.74) is 0.541. The molecule has 0 radical (unpaired) electrons. The molecule has 0 saturated heterocycles. The van der Waals surface area contributed by atoms with Crippen LogP contribution in [0.3, 0.4) is 0 Å². The molecule has 25 heavy (non-hydrogen) atoms. The number of amides is 3. The number of non-ortho nitro benzene ring substituents is 1. The monoisotopic (exact) mass is 339 g/mol. The van der Waals surface area contributed by atoms with Crippen LogP contribution in [0.5, 0.6) is 0 Å². The maximum atomic E-state index is 12.4. The number of carbonyl (C=O) groups is 3. The molecule has 1 aliphatic heterocycles. The van der Waals surface area contributed by atoms with E-state index in [2.05, 4.69) is 5.32 Å². The lowest BCUT2D eigenvalue weighted by Gasteiger charge is -2.21. The lowest BCUT2D eigenvalue weighted by molar-refractivity contribution is -0.384. The minimum atomic E-state index is -1.06. The summed E-state index contributed by atoms with van der Waals surface area (Å²) < 4.78 is 0. The van der Waals surface area contributed by atoms with Crippen LogP contribution in [-0.4, -0.2) is 33.6 Å². The number of fused-ring (bicyclic) bond motifs is 1. The van der Waals surface area contributed by atoms with Gasteiger partial charge in [0.1, 0.15) is 6.04 Å². The van der Waals surface area contributed by atoms with Gasteiger partial charge in [-0.05, 0) is 25.1 Å². The SMILES string of the molecule is C[C@@H](C(=O)Nc1cccc([N+](=O)[O-])c1)N1C(=O)c2ccccc2C1=O. The molecule has 0 bridgehead atoms. The molecule has 3 rings (SSSR count). The number of hydrogen-bond acceptors (Lipinski definition) is 5. The van der Waals surface area contributed by atoms with E-state index in [1.54, 1.807) is 12.1 Å². The summed E-state index contributed by atoms with van der Waals surface area (Å²) in [6.45, 7) is 1.42. The normalized spacial score (nSPS) is 14.2. The Balaban J connectivity index is 1.80. The summed E-state index contributed by atoms with van der Waals surface area (Å²) in [6.07, 6.45) is 0.